The first kappa shape index (κ1) is 20.1. The van der Waals surface area contributed by atoms with Gasteiger partial charge in [-0.25, -0.2) is 4.79 Å². The number of aromatic nitrogens is 1. The molecule has 3 rings (SSSR count). The molecule has 2 atom stereocenters. The van der Waals surface area contributed by atoms with E-state index in [9.17, 15) is 19.5 Å². The van der Waals surface area contributed by atoms with Crippen LogP contribution in [0.3, 0.4) is 0 Å². The van der Waals surface area contributed by atoms with Gasteiger partial charge in [0.2, 0.25) is 11.8 Å². The predicted octanol–water partition coefficient (Wildman–Crippen LogP) is 1.10. The van der Waals surface area contributed by atoms with E-state index in [0.717, 1.165) is 16.5 Å². The second kappa shape index (κ2) is 9.03. The van der Waals surface area contributed by atoms with Gasteiger partial charge in [0.15, 0.2) is 6.04 Å². The van der Waals surface area contributed by atoms with Crippen LogP contribution in [0.15, 0.2) is 60.8 Å². The molecule has 8 nitrogen and oxygen atoms in total. The maximum atomic E-state index is 12.9. The van der Waals surface area contributed by atoms with Gasteiger partial charge in [0, 0.05) is 23.5 Å². The lowest BCUT2D eigenvalue weighted by atomic mass is 10.0. The maximum Gasteiger partial charge on any atom is 0.330 e. The van der Waals surface area contributed by atoms with E-state index in [1.54, 1.807) is 36.5 Å². The molecule has 0 saturated carbocycles. The number of benzene rings is 2. The Labute approximate surface area is 167 Å². The average molecular weight is 394 g/mol. The fourth-order valence-corrected chi connectivity index (χ4v) is 3.16. The van der Waals surface area contributed by atoms with Crippen molar-refractivity contribution in [2.75, 3.05) is 6.54 Å². The smallest absolute Gasteiger partial charge is 0.330 e. The highest BCUT2D eigenvalue weighted by atomic mass is 16.4. The van der Waals surface area contributed by atoms with Gasteiger partial charge >= 0.3 is 5.97 Å². The number of para-hydroxylation sites is 1. The minimum absolute atomic E-state index is 0.183. The quantitative estimate of drug-likeness (QED) is 0.389. The van der Waals surface area contributed by atoms with Gasteiger partial charge in [0.05, 0.1) is 6.54 Å². The fourth-order valence-electron chi connectivity index (χ4n) is 3.16. The third-order valence-corrected chi connectivity index (χ3v) is 4.60. The third kappa shape index (κ3) is 4.80. The summed E-state index contributed by atoms with van der Waals surface area (Å²) < 4.78 is 0. The number of fused-ring (bicyclic) bond motifs is 1. The van der Waals surface area contributed by atoms with Crippen molar-refractivity contribution in [3.8, 4) is 0 Å². The Balaban J connectivity index is 1.84. The summed E-state index contributed by atoms with van der Waals surface area (Å²) in [5.74, 6) is -2.30. The van der Waals surface area contributed by atoms with Crippen LogP contribution in [-0.2, 0) is 20.8 Å². The average Bonchev–Trinajstić information content (AvgIpc) is 3.14. The number of hydrogen-bond donors (Lipinski definition) is 5. The van der Waals surface area contributed by atoms with E-state index in [4.69, 9.17) is 5.73 Å². The lowest BCUT2D eigenvalue weighted by molar-refractivity contribution is -0.142. The minimum atomic E-state index is -1.23. The number of aromatic amines is 1. The summed E-state index contributed by atoms with van der Waals surface area (Å²) in [5.41, 5.74) is 7.54. The number of H-pyrrole nitrogens is 1. The first-order valence-electron chi connectivity index (χ1n) is 9.12. The van der Waals surface area contributed by atoms with Crippen molar-refractivity contribution in [1.29, 1.82) is 0 Å². The van der Waals surface area contributed by atoms with Crippen molar-refractivity contribution >= 4 is 28.7 Å². The number of carbonyl (C=O) groups excluding carboxylic acids is 2. The van der Waals surface area contributed by atoms with Gasteiger partial charge in [0.25, 0.3) is 0 Å². The molecule has 1 aromatic heterocycles. The normalized spacial score (nSPS) is 12.9. The molecule has 29 heavy (non-hydrogen) atoms. The molecule has 0 radical (unpaired) electrons. The van der Waals surface area contributed by atoms with Crippen molar-refractivity contribution in [3.05, 3.63) is 71.9 Å². The number of amides is 2. The Kier molecular flexibility index (Phi) is 6.25. The lowest BCUT2D eigenvalue weighted by Crippen LogP contribution is -2.51. The molecular formula is C21H22N4O4. The SMILES string of the molecule is NCC(=O)N[C@@H](Cc1c[nH]c2ccccc12)C(=O)NC(C(=O)O)c1ccccc1. The zero-order chi connectivity index (χ0) is 20.8. The van der Waals surface area contributed by atoms with Crippen LogP contribution in [0.5, 0.6) is 0 Å². The van der Waals surface area contributed by atoms with Gasteiger partial charge in [-0.1, -0.05) is 48.5 Å². The van der Waals surface area contributed by atoms with Crippen LogP contribution in [0.4, 0.5) is 0 Å². The van der Waals surface area contributed by atoms with E-state index in [0.29, 0.717) is 5.56 Å². The molecule has 0 bridgehead atoms. The van der Waals surface area contributed by atoms with Crippen LogP contribution in [0.2, 0.25) is 0 Å². The summed E-state index contributed by atoms with van der Waals surface area (Å²) in [5, 5.41) is 15.6. The van der Waals surface area contributed by atoms with E-state index in [1.165, 1.54) is 0 Å². The summed E-state index contributed by atoms with van der Waals surface area (Å²) in [6.45, 7) is -0.279. The fraction of sp³-hybridized carbons (Fsp3) is 0.190. The van der Waals surface area contributed by atoms with Crippen molar-refractivity contribution in [1.82, 2.24) is 15.6 Å². The second-order valence-corrected chi connectivity index (χ2v) is 6.58. The highest BCUT2D eigenvalue weighted by molar-refractivity contribution is 5.92. The number of carbonyl (C=O) groups is 3. The van der Waals surface area contributed by atoms with E-state index >= 15 is 0 Å². The molecule has 8 heteroatoms. The summed E-state index contributed by atoms with van der Waals surface area (Å²) in [6, 6.07) is 13.7. The molecule has 0 saturated heterocycles. The second-order valence-electron chi connectivity index (χ2n) is 6.58. The number of rotatable bonds is 8. The monoisotopic (exact) mass is 394 g/mol. The lowest BCUT2D eigenvalue weighted by Gasteiger charge is -2.21. The van der Waals surface area contributed by atoms with Crippen LogP contribution >= 0.6 is 0 Å². The van der Waals surface area contributed by atoms with Gasteiger partial charge in [-0.15, -0.1) is 0 Å². The number of aliphatic carboxylic acids is 1. The van der Waals surface area contributed by atoms with E-state index in [-0.39, 0.29) is 13.0 Å². The summed E-state index contributed by atoms with van der Waals surface area (Å²) in [4.78, 5) is 39.6. The van der Waals surface area contributed by atoms with Crippen LogP contribution in [0.1, 0.15) is 17.2 Å². The largest absolute Gasteiger partial charge is 0.479 e. The molecule has 1 unspecified atom stereocenters. The number of nitrogens with one attached hydrogen (secondary N) is 3. The Morgan fingerprint density at radius 3 is 2.38 bits per heavy atom. The van der Waals surface area contributed by atoms with Crippen LogP contribution < -0.4 is 16.4 Å². The van der Waals surface area contributed by atoms with Crippen molar-refractivity contribution in [2.24, 2.45) is 5.73 Å². The summed E-state index contributed by atoms with van der Waals surface area (Å²) in [7, 11) is 0. The van der Waals surface area contributed by atoms with Gasteiger partial charge in [-0.05, 0) is 17.2 Å². The molecule has 150 valence electrons. The van der Waals surface area contributed by atoms with E-state index in [2.05, 4.69) is 15.6 Å². The van der Waals surface area contributed by atoms with E-state index in [1.807, 2.05) is 24.3 Å². The van der Waals surface area contributed by atoms with Crippen LogP contribution in [-0.4, -0.2) is 40.5 Å². The maximum absolute atomic E-state index is 12.9. The topological polar surface area (TPSA) is 137 Å². The van der Waals surface area contributed by atoms with Crippen molar-refractivity contribution in [3.63, 3.8) is 0 Å². The van der Waals surface area contributed by atoms with Crippen LogP contribution in [0.25, 0.3) is 10.9 Å². The number of carboxylic acid groups (broad SMARTS) is 1. The van der Waals surface area contributed by atoms with Crippen LogP contribution in [0, 0.1) is 0 Å². The summed E-state index contributed by atoms with van der Waals surface area (Å²) in [6.07, 6.45) is 1.95. The van der Waals surface area contributed by atoms with Crippen molar-refractivity contribution in [2.45, 2.75) is 18.5 Å². The molecular weight excluding hydrogens is 372 g/mol. The molecule has 1 heterocycles. The molecule has 0 spiro atoms. The molecule has 2 amide bonds. The minimum Gasteiger partial charge on any atom is -0.479 e. The molecule has 6 N–H and O–H groups in total. The number of carboxylic acids is 1. The third-order valence-electron chi connectivity index (χ3n) is 4.60. The zero-order valence-corrected chi connectivity index (χ0v) is 15.6. The van der Waals surface area contributed by atoms with E-state index < -0.39 is 29.9 Å². The Morgan fingerprint density at radius 2 is 1.69 bits per heavy atom. The van der Waals surface area contributed by atoms with Gasteiger partial charge < -0.3 is 26.5 Å². The molecule has 0 aliphatic heterocycles. The summed E-state index contributed by atoms with van der Waals surface area (Å²) >= 11 is 0. The molecule has 0 aliphatic carbocycles. The van der Waals surface area contributed by atoms with Crippen molar-refractivity contribution < 1.29 is 19.5 Å². The first-order chi connectivity index (χ1) is 14.0. The molecule has 0 fully saturated rings. The van der Waals surface area contributed by atoms with Gasteiger partial charge in [-0.3, -0.25) is 9.59 Å². The Morgan fingerprint density at radius 1 is 1.00 bits per heavy atom. The van der Waals surface area contributed by atoms with Gasteiger partial charge in [0.1, 0.15) is 6.04 Å². The molecule has 0 aliphatic rings. The predicted molar refractivity (Wildman–Crippen MR) is 108 cm³/mol. The van der Waals surface area contributed by atoms with Gasteiger partial charge in [-0.2, -0.15) is 0 Å². The number of hydrogen-bond acceptors (Lipinski definition) is 4. The Hall–Kier alpha value is -3.65. The standard InChI is InChI=1S/C21H22N4O4/c22-11-18(26)24-17(10-14-12-23-16-9-5-4-8-15(14)16)20(27)25-19(21(28)29)13-6-2-1-3-7-13/h1-9,12,17,19,23H,10-11,22H2,(H,24,26)(H,25,27)(H,28,29)/t17-,19?/m0/s1. The number of nitrogens with two attached hydrogens (primary N) is 1. The highest BCUT2D eigenvalue weighted by Gasteiger charge is 2.28. The molecule has 3 aromatic rings. The highest BCUT2D eigenvalue weighted by Crippen LogP contribution is 2.20. The zero-order valence-electron chi connectivity index (χ0n) is 15.6. The molecule has 2 aromatic carbocycles. The first-order valence-corrected chi connectivity index (χ1v) is 9.12. The Bertz CT molecular complexity index is 1020.